The van der Waals surface area contributed by atoms with Crippen LogP contribution in [0.25, 0.3) is 0 Å². The minimum absolute atomic E-state index is 0.310. The average Bonchev–Trinajstić information content (AvgIpc) is 2.92. The fourth-order valence-electron chi connectivity index (χ4n) is 1.76. The number of carbonyl (C=O) groups excluding carboxylic acids is 1. The second-order valence-corrected chi connectivity index (χ2v) is 4.43. The van der Waals surface area contributed by atoms with Crippen molar-refractivity contribution in [2.75, 3.05) is 25.1 Å². The average molecular weight is 286 g/mol. The number of anilines is 1. The lowest BCUT2D eigenvalue weighted by atomic mass is 10.2. The Morgan fingerprint density at radius 2 is 2.05 bits per heavy atom. The summed E-state index contributed by atoms with van der Waals surface area (Å²) in [6.07, 6.45) is -0.630. The monoisotopic (exact) mass is 285 g/mol. The highest BCUT2D eigenvalue weighted by Crippen LogP contribution is 2.18. The van der Waals surface area contributed by atoms with Gasteiger partial charge in [-0.15, -0.1) is 0 Å². The lowest BCUT2D eigenvalue weighted by molar-refractivity contribution is -0.153. The molecule has 19 heavy (non-hydrogen) atoms. The highest BCUT2D eigenvalue weighted by molar-refractivity contribution is 6.30. The van der Waals surface area contributed by atoms with Crippen molar-refractivity contribution in [3.63, 3.8) is 0 Å². The third-order valence-electron chi connectivity index (χ3n) is 2.63. The minimum Gasteiger partial charge on any atom is -0.464 e. The maximum Gasteiger partial charge on any atom is 0.333 e. The lowest BCUT2D eigenvalue weighted by Crippen LogP contribution is -2.42. The first-order chi connectivity index (χ1) is 9.20. The topological polar surface area (TPSA) is 56.8 Å². The number of rotatable bonds is 5. The summed E-state index contributed by atoms with van der Waals surface area (Å²) in [6, 6.07) is 6.35. The Bertz CT molecular complexity index is 417. The van der Waals surface area contributed by atoms with Crippen LogP contribution in [-0.4, -0.2) is 38.1 Å². The van der Waals surface area contributed by atoms with Gasteiger partial charge in [0.05, 0.1) is 19.8 Å². The molecular formula is C13H16ClNO4. The fourth-order valence-corrected chi connectivity index (χ4v) is 1.89. The van der Waals surface area contributed by atoms with Crippen molar-refractivity contribution in [2.45, 2.75) is 19.3 Å². The number of benzene rings is 1. The smallest absolute Gasteiger partial charge is 0.333 e. The Balaban J connectivity index is 2.08. The first-order valence-electron chi connectivity index (χ1n) is 6.12. The van der Waals surface area contributed by atoms with E-state index in [2.05, 4.69) is 5.32 Å². The van der Waals surface area contributed by atoms with Gasteiger partial charge in [0.25, 0.3) is 0 Å². The molecule has 0 radical (unpaired) electrons. The van der Waals surface area contributed by atoms with Gasteiger partial charge >= 0.3 is 5.97 Å². The van der Waals surface area contributed by atoms with Crippen molar-refractivity contribution >= 4 is 23.3 Å². The van der Waals surface area contributed by atoms with Gasteiger partial charge in [0.1, 0.15) is 0 Å². The van der Waals surface area contributed by atoms with Crippen LogP contribution in [0.1, 0.15) is 6.92 Å². The number of ether oxygens (including phenoxy) is 3. The molecule has 1 heterocycles. The predicted octanol–water partition coefficient (Wildman–Crippen LogP) is 2.06. The summed E-state index contributed by atoms with van der Waals surface area (Å²) in [5.74, 6) is -0.399. The van der Waals surface area contributed by atoms with E-state index in [9.17, 15) is 4.79 Å². The molecule has 6 heteroatoms. The summed E-state index contributed by atoms with van der Waals surface area (Å²) in [5, 5.41) is 3.68. The van der Waals surface area contributed by atoms with Gasteiger partial charge in [-0.05, 0) is 31.2 Å². The molecule has 1 aliphatic heterocycles. The molecule has 0 aromatic heterocycles. The Kier molecular flexibility index (Phi) is 5.01. The van der Waals surface area contributed by atoms with Crippen LogP contribution in [0, 0.1) is 0 Å². The molecule has 1 aromatic carbocycles. The molecule has 0 amide bonds. The quantitative estimate of drug-likeness (QED) is 0.839. The van der Waals surface area contributed by atoms with Gasteiger partial charge in [-0.3, -0.25) is 0 Å². The summed E-state index contributed by atoms with van der Waals surface area (Å²) in [6.45, 7) is 3.02. The third kappa shape index (κ3) is 3.83. The molecule has 1 aliphatic rings. The third-order valence-corrected chi connectivity index (χ3v) is 2.88. The number of hydrogen-bond donors (Lipinski definition) is 1. The van der Waals surface area contributed by atoms with E-state index in [0.29, 0.717) is 24.8 Å². The van der Waals surface area contributed by atoms with Gasteiger partial charge in [0.2, 0.25) is 0 Å². The Morgan fingerprint density at radius 1 is 1.42 bits per heavy atom. The van der Waals surface area contributed by atoms with Crippen LogP contribution in [0.5, 0.6) is 0 Å². The van der Waals surface area contributed by atoms with Crippen LogP contribution < -0.4 is 5.32 Å². The van der Waals surface area contributed by atoms with Crippen LogP contribution in [0.15, 0.2) is 24.3 Å². The maximum atomic E-state index is 11.9. The van der Waals surface area contributed by atoms with Gasteiger partial charge in [-0.25, -0.2) is 4.79 Å². The molecule has 0 unspecified atom stereocenters. The van der Waals surface area contributed by atoms with E-state index < -0.39 is 18.3 Å². The predicted molar refractivity (Wildman–Crippen MR) is 71.2 cm³/mol. The zero-order chi connectivity index (χ0) is 13.7. The van der Waals surface area contributed by atoms with Crippen molar-refractivity contribution in [1.82, 2.24) is 0 Å². The van der Waals surface area contributed by atoms with Gasteiger partial charge in [-0.2, -0.15) is 0 Å². The maximum absolute atomic E-state index is 11.9. The van der Waals surface area contributed by atoms with Gasteiger partial charge < -0.3 is 19.5 Å². The number of hydrogen-bond acceptors (Lipinski definition) is 5. The first kappa shape index (κ1) is 14.1. The summed E-state index contributed by atoms with van der Waals surface area (Å²) < 4.78 is 15.8. The van der Waals surface area contributed by atoms with Crippen molar-refractivity contribution in [1.29, 1.82) is 0 Å². The Morgan fingerprint density at radius 3 is 2.63 bits per heavy atom. The molecule has 0 spiro atoms. The minimum atomic E-state index is -0.691. The van der Waals surface area contributed by atoms with Crippen LogP contribution in [0.4, 0.5) is 5.69 Å². The van der Waals surface area contributed by atoms with Crippen molar-refractivity contribution in [3.05, 3.63) is 29.3 Å². The van der Waals surface area contributed by atoms with Crippen molar-refractivity contribution in [3.8, 4) is 0 Å². The number of nitrogens with one attached hydrogen (secondary N) is 1. The van der Waals surface area contributed by atoms with E-state index in [4.69, 9.17) is 25.8 Å². The first-order valence-corrected chi connectivity index (χ1v) is 6.50. The Labute approximate surface area is 116 Å². The molecule has 0 aliphatic carbocycles. The van der Waals surface area contributed by atoms with Crippen molar-refractivity contribution < 1.29 is 19.0 Å². The second-order valence-electron chi connectivity index (χ2n) is 3.99. The van der Waals surface area contributed by atoms with E-state index in [1.165, 1.54) is 0 Å². The lowest BCUT2D eigenvalue weighted by Gasteiger charge is -2.22. The van der Waals surface area contributed by atoms with E-state index in [-0.39, 0.29) is 0 Å². The molecule has 104 valence electrons. The standard InChI is InChI=1S/C13H16ClNO4/c1-2-17-12(16)11(13-18-7-8-19-13)15-10-5-3-9(14)4-6-10/h3-6,11,13,15H,2,7-8H2,1H3/t11-/m1/s1. The molecule has 1 fully saturated rings. The van der Waals surface area contributed by atoms with Crippen LogP contribution in [0.2, 0.25) is 5.02 Å². The highest BCUT2D eigenvalue weighted by atomic mass is 35.5. The van der Waals surface area contributed by atoms with E-state index in [1.807, 2.05) is 0 Å². The van der Waals surface area contributed by atoms with Crippen LogP contribution >= 0.6 is 11.6 Å². The SMILES string of the molecule is CCOC(=O)[C@@H](Nc1ccc(Cl)cc1)C1OCCO1. The van der Waals surface area contributed by atoms with Crippen LogP contribution in [-0.2, 0) is 19.0 Å². The molecule has 0 saturated carbocycles. The number of esters is 1. The van der Waals surface area contributed by atoms with E-state index in [1.54, 1.807) is 31.2 Å². The molecular weight excluding hydrogens is 270 g/mol. The zero-order valence-electron chi connectivity index (χ0n) is 10.6. The molecule has 5 nitrogen and oxygen atoms in total. The second kappa shape index (κ2) is 6.75. The number of halogens is 1. The summed E-state index contributed by atoms with van der Waals surface area (Å²) in [7, 11) is 0. The van der Waals surface area contributed by atoms with E-state index in [0.717, 1.165) is 5.69 Å². The molecule has 2 rings (SSSR count). The van der Waals surface area contributed by atoms with Crippen LogP contribution in [0.3, 0.4) is 0 Å². The molecule has 1 atom stereocenters. The Hall–Kier alpha value is -1.30. The molecule has 1 N–H and O–H groups in total. The van der Waals surface area contributed by atoms with Gasteiger partial charge in [0, 0.05) is 10.7 Å². The molecule has 1 aromatic rings. The zero-order valence-corrected chi connectivity index (χ0v) is 11.4. The fraction of sp³-hybridized carbons (Fsp3) is 0.462. The van der Waals surface area contributed by atoms with Crippen molar-refractivity contribution in [2.24, 2.45) is 0 Å². The largest absolute Gasteiger partial charge is 0.464 e. The van der Waals surface area contributed by atoms with E-state index >= 15 is 0 Å². The summed E-state index contributed by atoms with van der Waals surface area (Å²) in [5.41, 5.74) is 0.751. The molecule has 1 saturated heterocycles. The van der Waals surface area contributed by atoms with Gasteiger partial charge in [0.15, 0.2) is 12.3 Å². The van der Waals surface area contributed by atoms with Gasteiger partial charge in [-0.1, -0.05) is 11.6 Å². The normalized spacial score (nSPS) is 17.2. The highest BCUT2D eigenvalue weighted by Gasteiger charge is 2.34. The molecule has 0 bridgehead atoms. The number of carbonyl (C=O) groups is 1. The summed E-state index contributed by atoms with van der Waals surface area (Å²) >= 11 is 5.82. The summed E-state index contributed by atoms with van der Waals surface area (Å²) in [4.78, 5) is 11.9.